The fraction of sp³-hybridized carbons (Fsp3) is 0.448. The molecule has 1 aliphatic carbocycles. The van der Waals surface area contributed by atoms with Crippen LogP contribution < -0.4 is 5.32 Å². The number of benzene rings is 2. The van der Waals surface area contributed by atoms with Crippen LogP contribution in [-0.4, -0.2) is 48.0 Å². The van der Waals surface area contributed by atoms with Crippen LogP contribution in [-0.2, 0) is 16.4 Å². The average molecular weight is 555 g/mol. The van der Waals surface area contributed by atoms with E-state index in [2.05, 4.69) is 36.0 Å². The highest BCUT2D eigenvalue weighted by Gasteiger charge is 2.40. The summed E-state index contributed by atoms with van der Waals surface area (Å²) in [6, 6.07) is 17.0. The minimum absolute atomic E-state index is 0.0604. The molecule has 2 unspecified atom stereocenters. The molecule has 1 aliphatic heterocycles. The quantitative estimate of drug-likeness (QED) is 0.377. The maximum Gasteiger partial charge on any atom is 0.317 e. The van der Waals surface area contributed by atoms with Crippen molar-refractivity contribution in [2.75, 3.05) is 18.8 Å². The van der Waals surface area contributed by atoms with Crippen molar-refractivity contribution in [2.24, 2.45) is 0 Å². The molecule has 202 valence electrons. The van der Waals surface area contributed by atoms with Gasteiger partial charge in [-0.15, -0.1) is 0 Å². The molecule has 7 nitrogen and oxygen atoms in total. The first-order chi connectivity index (χ1) is 18.2. The van der Waals surface area contributed by atoms with E-state index < -0.39 is 9.84 Å². The maximum absolute atomic E-state index is 13.3. The first-order valence-corrected chi connectivity index (χ1v) is 15.4. The molecule has 9 heteroatoms. The lowest BCUT2D eigenvalue weighted by Gasteiger charge is -2.21. The number of carbonyl (C=O) groups excluding carboxylic acids is 1. The molecule has 1 N–H and O–H groups in total. The van der Waals surface area contributed by atoms with Crippen LogP contribution in [0.25, 0.3) is 0 Å². The Morgan fingerprint density at radius 2 is 1.79 bits per heavy atom. The lowest BCUT2D eigenvalue weighted by atomic mass is 9.86. The van der Waals surface area contributed by atoms with Gasteiger partial charge in [0.15, 0.2) is 9.84 Å². The molecular weight excluding hydrogens is 520 g/mol. The molecule has 1 aromatic heterocycles. The number of urea groups is 1. The number of halogens is 1. The standard InChI is InChI=1S/C29H35ClN4O3S/c1-4-38(36,37)24-12-8-20(9-13-24)16-31-29(35)33-17-25(22-6-5-7-23(30)14-22)26(18-33)28-15-27(21-10-11-21)32-34(28)19(2)3/h5-9,12-15,19,21,25-26H,4,10-11,16-18H2,1-3H3,(H,31,35). The van der Waals surface area contributed by atoms with Crippen molar-refractivity contribution in [1.82, 2.24) is 20.0 Å². The van der Waals surface area contributed by atoms with Gasteiger partial charge < -0.3 is 10.2 Å². The Bertz CT molecular complexity index is 1410. The zero-order valence-corrected chi connectivity index (χ0v) is 23.7. The van der Waals surface area contributed by atoms with E-state index in [0.29, 0.717) is 35.5 Å². The third-order valence-corrected chi connectivity index (χ3v) is 9.62. The maximum atomic E-state index is 13.3. The highest BCUT2D eigenvalue weighted by Crippen LogP contribution is 2.44. The smallest absolute Gasteiger partial charge is 0.317 e. The molecule has 2 heterocycles. The molecule has 0 spiro atoms. The van der Waals surface area contributed by atoms with Crippen LogP contribution in [0.5, 0.6) is 0 Å². The summed E-state index contributed by atoms with van der Waals surface area (Å²) in [5, 5.41) is 8.68. The van der Waals surface area contributed by atoms with Gasteiger partial charge in [0.2, 0.25) is 0 Å². The van der Waals surface area contributed by atoms with Crippen LogP contribution >= 0.6 is 11.6 Å². The van der Waals surface area contributed by atoms with Gasteiger partial charge in [0.25, 0.3) is 0 Å². The van der Waals surface area contributed by atoms with Crippen LogP contribution in [0, 0.1) is 0 Å². The van der Waals surface area contributed by atoms with E-state index in [0.717, 1.165) is 16.8 Å². The number of hydrogen-bond acceptors (Lipinski definition) is 4. The first-order valence-electron chi connectivity index (χ1n) is 13.4. The largest absolute Gasteiger partial charge is 0.334 e. The highest BCUT2D eigenvalue weighted by atomic mass is 35.5. The van der Waals surface area contributed by atoms with Crippen molar-refractivity contribution in [3.05, 3.63) is 82.1 Å². The lowest BCUT2D eigenvalue weighted by molar-refractivity contribution is 0.207. The molecule has 2 amide bonds. The molecular formula is C29H35ClN4O3S. The Kier molecular flexibility index (Phi) is 7.56. The minimum atomic E-state index is -3.25. The summed E-state index contributed by atoms with van der Waals surface area (Å²) >= 11 is 6.37. The summed E-state index contributed by atoms with van der Waals surface area (Å²) in [5.41, 5.74) is 4.31. The second-order valence-corrected chi connectivity index (χ2v) is 13.4. The number of sulfone groups is 1. The summed E-state index contributed by atoms with van der Waals surface area (Å²) in [4.78, 5) is 15.5. The fourth-order valence-corrected chi connectivity index (χ4v) is 6.40. The molecule has 0 bridgehead atoms. The van der Waals surface area contributed by atoms with Gasteiger partial charge in [-0.3, -0.25) is 4.68 Å². The molecule has 5 rings (SSSR count). The average Bonchev–Trinajstić information content (AvgIpc) is 3.49. The van der Waals surface area contributed by atoms with Gasteiger partial charge in [0.1, 0.15) is 0 Å². The number of nitrogens with zero attached hydrogens (tertiary/aromatic N) is 3. The molecule has 2 aromatic carbocycles. The van der Waals surface area contributed by atoms with Crippen LogP contribution in [0.15, 0.2) is 59.5 Å². The predicted octanol–water partition coefficient (Wildman–Crippen LogP) is 5.88. The van der Waals surface area contributed by atoms with Crippen molar-refractivity contribution in [1.29, 1.82) is 0 Å². The van der Waals surface area contributed by atoms with E-state index in [4.69, 9.17) is 16.7 Å². The van der Waals surface area contributed by atoms with E-state index in [1.165, 1.54) is 18.5 Å². The van der Waals surface area contributed by atoms with E-state index >= 15 is 0 Å². The highest BCUT2D eigenvalue weighted by molar-refractivity contribution is 7.91. The number of nitrogens with one attached hydrogen (secondary N) is 1. The third kappa shape index (κ3) is 5.61. The van der Waals surface area contributed by atoms with Crippen molar-refractivity contribution in [2.45, 2.75) is 68.8 Å². The second-order valence-electron chi connectivity index (χ2n) is 10.7. The predicted molar refractivity (Wildman–Crippen MR) is 149 cm³/mol. The van der Waals surface area contributed by atoms with E-state index in [9.17, 15) is 13.2 Å². The number of aromatic nitrogens is 2. The second kappa shape index (κ2) is 10.7. The van der Waals surface area contributed by atoms with Crippen molar-refractivity contribution < 1.29 is 13.2 Å². The Balaban J connectivity index is 1.36. The van der Waals surface area contributed by atoms with E-state index in [-0.39, 0.29) is 29.7 Å². The first kappa shape index (κ1) is 26.8. The van der Waals surface area contributed by atoms with Gasteiger partial charge in [0, 0.05) is 54.1 Å². The number of carbonyl (C=O) groups is 1. The van der Waals surface area contributed by atoms with Gasteiger partial charge in [0.05, 0.1) is 16.3 Å². The van der Waals surface area contributed by atoms with Gasteiger partial charge in [-0.1, -0.05) is 42.8 Å². The minimum Gasteiger partial charge on any atom is -0.334 e. The molecule has 1 saturated carbocycles. The van der Waals surface area contributed by atoms with Crippen LogP contribution in [0.4, 0.5) is 4.79 Å². The SMILES string of the molecule is CCS(=O)(=O)c1ccc(CNC(=O)N2CC(c3cccc(Cl)c3)C(c3cc(C4CC4)nn3C(C)C)C2)cc1. The number of hydrogen-bond donors (Lipinski definition) is 1. The fourth-order valence-electron chi connectivity index (χ4n) is 5.31. The summed E-state index contributed by atoms with van der Waals surface area (Å²) in [6.07, 6.45) is 2.38. The molecule has 1 saturated heterocycles. The molecule has 0 radical (unpaired) electrons. The normalized spacial score (nSPS) is 19.8. The number of rotatable bonds is 8. The Hall–Kier alpha value is -2.84. The van der Waals surface area contributed by atoms with Crippen molar-refractivity contribution >= 4 is 27.5 Å². The van der Waals surface area contributed by atoms with Crippen LogP contribution in [0.2, 0.25) is 5.02 Å². The molecule has 2 fully saturated rings. The lowest BCUT2D eigenvalue weighted by Crippen LogP contribution is -2.38. The topological polar surface area (TPSA) is 84.3 Å². The Labute approximate surface area is 230 Å². The van der Waals surface area contributed by atoms with Gasteiger partial charge in [-0.2, -0.15) is 5.10 Å². The van der Waals surface area contributed by atoms with Crippen LogP contribution in [0.1, 0.15) is 79.9 Å². The van der Waals surface area contributed by atoms with Crippen LogP contribution in [0.3, 0.4) is 0 Å². The van der Waals surface area contributed by atoms with E-state index in [1.807, 2.05) is 23.1 Å². The number of likely N-dealkylation sites (tertiary alicyclic amines) is 1. The molecule has 2 aliphatic rings. The molecule has 2 atom stereocenters. The summed E-state index contributed by atoms with van der Waals surface area (Å²) < 4.78 is 26.3. The van der Waals surface area contributed by atoms with E-state index in [1.54, 1.807) is 31.2 Å². The van der Waals surface area contributed by atoms with Gasteiger partial charge >= 0.3 is 6.03 Å². The summed E-state index contributed by atoms with van der Waals surface area (Å²) in [5.74, 6) is 0.808. The third-order valence-electron chi connectivity index (χ3n) is 7.64. The van der Waals surface area contributed by atoms with Crippen molar-refractivity contribution in [3.63, 3.8) is 0 Å². The van der Waals surface area contributed by atoms with Crippen molar-refractivity contribution in [3.8, 4) is 0 Å². The van der Waals surface area contributed by atoms with Gasteiger partial charge in [-0.25, -0.2) is 13.2 Å². The summed E-state index contributed by atoms with van der Waals surface area (Å²) in [6.45, 7) is 7.41. The Morgan fingerprint density at radius 3 is 2.42 bits per heavy atom. The molecule has 38 heavy (non-hydrogen) atoms. The zero-order chi connectivity index (χ0) is 27.0. The Morgan fingerprint density at radius 1 is 1.08 bits per heavy atom. The number of amides is 2. The zero-order valence-electron chi connectivity index (χ0n) is 22.1. The van der Waals surface area contributed by atoms with Gasteiger partial charge in [-0.05, 0) is 68.1 Å². The summed E-state index contributed by atoms with van der Waals surface area (Å²) in [7, 11) is -3.25. The molecule has 3 aromatic rings. The monoisotopic (exact) mass is 554 g/mol.